The first-order chi connectivity index (χ1) is 33.0. The van der Waals surface area contributed by atoms with Crippen molar-refractivity contribution in [3.05, 3.63) is 29.8 Å². The molecular weight excluding hydrogens is 953 g/mol. The minimum Gasteiger partial charge on any atom is -0.497 e. The molecule has 3 rings (SSSR count). The molecule has 1 aromatic rings. The first kappa shape index (κ1) is 58.2. The molecule has 1 aromatic carbocycles. The standard InChI is InChI=1S/C44H68N12O12S2/c1-6-23(4)36-43(66)50-27(13-14-33(46)57)39(62)52-30(18-34(47)58)40(63)54-31(44(67)56-15-7-8-32(56)42(65)53-28(16-22(2)3)38(61)49-19-35(48)59)21-70-69-20-26(45)37(60)51-29(41(64)55-36)17-24-9-11-25(68-5)12-10-24/h9-12,22-23,26-32,36H,6-8,13-21,45H2,1-5H3,(H2,46,57)(H2,47,58)(H2,48,59)(H,49,61)(H,50,66)(H,51,60)(H,52,62)(H,53,65)(H,54,63)(H,55,64)/t23-,26-,27-,28-,29+,30-,31-,32-,36-/m0/s1. The maximum atomic E-state index is 14.5. The maximum Gasteiger partial charge on any atom is 0.246 e. The van der Waals surface area contributed by atoms with Crippen LogP contribution in [-0.4, -0.2) is 150 Å². The van der Waals surface area contributed by atoms with Crippen LogP contribution in [-0.2, 0) is 59.2 Å². The molecule has 2 heterocycles. The summed E-state index contributed by atoms with van der Waals surface area (Å²) in [7, 11) is 3.56. The fourth-order valence-corrected chi connectivity index (χ4v) is 9.75. The van der Waals surface area contributed by atoms with Crippen LogP contribution in [0.4, 0.5) is 0 Å². The zero-order valence-corrected chi connectivity index (χ0v) is 41.7. The average molecular weight is 1020 g/mol. The molecule has 70 heavy (non-hydrogen) atoms. The molecule has 11 amide bonds. The molecular formula is C44H68N12O12S2. The average Bonchev–Trinajstić information content (AvgIpc) is 3.80. The number of nitrogens with one attached hydrogen (secondary N) is 7. The highest BCUT2D eigenvalue weighted by Crippen LogP contribution is 2.26. The lowest BCUT2D eigenvalue weighted by Gasteiger charge is -2.31. The Morgan fingerprint density at radius 1 is 0.786 bits per heavy atom. The van der Waals surface area contributed by atoms with E-state index in [1.807, 2.05) is 13.8 Å². The van der Waals surface area contributed by atoms with Gasteiger partial charge in [0.25, 0.3) is 0 Å². The van der Waals surface area contributed by atoms with E-state index in [2.05, 4.69) is 37.2 Å². The molecule has 15 N–H and O–H groups in total. The molecule has 0 aromatic heterocycles. The second-order valence-electron chi connectivity index (χ2n) is 17.6. The Bertz CT molecular complexity index is 2060. The Morgan fingerprint density at radius 2 is 1.40 bits per heavy atom. The van der Waals surface area contributed by atoms with Gasteiger partial charge in [-0.2, -0.15) is 0 Å². The minimum absolute atomic E-state index is 0.0458. The molecule has 0 saturated carbocycles. The largest absolute Gasteiger partial charge is 0.497 e. The normalized spacial score (nSPS) is 24.1. The molecule has 0 aliphatic carbocycles. The van der Waals surface area contributed by atoms with E-state index in [4.69, 9.17) is 27.7 Å². The molecule has 9 atom stereocenters. The van der Waals surface area contributed by atoms with Gasteiger partial charge in [0.05, 0.1) is 26.1 Å². The highest BCUT2D eigenvalue weighted by atomic mass is 33.1. The van der Waals surface area contributed by atoms with Crippen molar-refractivity contribution in [1.82, 2.24) is 42.1 Å². The number of hydrogen-bond acceptors (Lipinski definition) is 15. The van der Waals surface area contributed by atoms with Crippen molar-refractivity contribution in [3.63, 3.8) is 0 Å². The van der Waals surface area contributed by atoms with Crippen LogP contribution in [0.25, 0.3) is 0 Å². The fourth-order valence-electron chi connectivity index (χ4n) is 7.47. The molecule has 388 valence electrons. The molecule has 0 spiro atoms. The van der Waals surface area contributed by atoms with Gasteiger partial charge in [0.15, 0.2) is 0 Å². The number of benzene rings is 1. The van der Waals surface area contributed by atoms with Gasteiger partial charge in [-0.3, -0.25) is 52.7 Å². The van der Waals surface area contributed by atoms with E-state index in [1.165, 1.54) is 12.0 Å². The van der Waals surface area contributed by atoms with Crippen LogP contribution in [0, 0.1) is 11.8 Å². The van der Waals surface area contributed by atoms with Crippen molar-refractivity contribution in [2.75, 3.05) is 31.7 Å². The van der Waals surface area contributed by atoms with E-state index in [1.54, 1.807) is 38.1 Å². The number of methoxy groups -OCH3 is 1. The zero-order chi connectivity index (χ0) is 52.2. The second kappa shape index (κ2) is 28.5. The summed E-state index contributed by atoms with van der Waals surface area (Å²) in [6.45, 7) is 6.65. The van der Waals surface area contributed by atoms with Gasteiger partial charge in [0, 0.05) is 30.9 Å². The van der Waals surface area contributed by atoms with E-state index >= 15 is 0 Å². The number of ether oxygens (including phenoxy) is 1. The summed E-state index contributed by atoms with van der Waals surface area (Å²) in [6.07, 6.45) is -0.578. The van der Waals surface area contributed by atoms with E-state index in [-0.39, 0.29) is 49.7 Å². The summed E-state index contributed by atoms with van der Waals surface area (Å²) < 4.78 is 5.25. The maximum absolute atomic E-state index is 14.5. The molecule has 2 aliphatic rings. The van der Waals surface area contributed by atoms with Gasteiger partial charge in [-0.05, 0) is 55.2 Å². The third kappa shape index (κ3) is 18.6. The van der Waals surface area contributed by atoms with E-state index < -0.39 is 139 Å². The van der Waals surface area contributed by atoms with Gasteiger partial charge in [-0.15, -0.1) is 0 Å². The summed E-state index contributed by atoms with van der Waals surface area (Å²) in [5, 5.41) is 18.0. The minimum atomic E-state index is -1.74. The van der Waals surface area contributed by atoms with Crippen LogP contribution in [0.2, 0.25) is 0 Å². The molecule has 2 fully saturated rings. The van der Waals surface area contributed by atoms with Crippen molar-refractivity contribution in [1.29, 1.82) is 0 Å². The first-order valence-corrected chi connectivity index (χ1v) is 25.4. The highest BCUT2D eigenvalue weighted by Gasteiger charge is 2.41. The van der Waals surface area contributed by atoms with Gasteiger partial charge in [0.2, 0.25) is 65.0 Å². The predicted molar refractivity (Wildman–Crippen MR) is 259 cm³/mol. The molecule has 26 heteroatoms. The summed E-state index contributed by atoms with van der Waals surface area (Å²) in [4.78, 5) is 148. The van der Waals surface area contributed by atoms with Gasteiger partial charge in [-0.25, -0.2) is 0 Å². The third-order valence-corrected chi connectivity index (χ3v) is 14.0. The zero-order valence-electron chi connectivity index (χ0n) is 40.0. The van der Waals surface area contributed by atoms with Crippen LogP contribution >= 0.6 is 21.6 Å². The lowest BCUT2D eigenvalue weighted by atomic mass is 9.96. The quantitative estimate of drug-likeness (QED) is 0.0642. The van der Waals surface area contributed by atoms with Gasteiger partial charge in [0.1, 0.15) is 48.0 Å². The highest BCUT2D eigenvalue weighted by molar-refractivity contribution is 8.76. The number of carbonyl (C=O) groups is 11. The Hall–Kier alpha value is -6.15. The molecule has 2 saturated heterocycles. The van der Waals surface area contributed by atoms with Crippen molar-refractivity contribution in [2.24, 2.45) is 34.8 Å². The summed E-state index contributed by atoms with van der Waals surface area (Å²) >= 11 is 0. The summed E-state index contributed by atoms with van der Waals surface area (Å²) in [5.74, 6) is -9.62. The number of likely N-dealkylation sites (tertiary alicyclic amines) is 1. The van der Waals surface area contributed by atoms with E-state index in [0.29, 0.717) is 24.2 Å². The van der Waals surface area contributed by atoms with Crippen LogP contribution in [0.15, 0.2) is 24.3 Å². The Balaban J connectivity index is 2.06. The van der Waals surface area contributed by atoms with Crippen LogP contribution in [0.3, 0.4) is 0 Å². The van der Waals surface area contributed by atoms with Gasteiger partial charge < -0.3 is 69.8 Å². The van der Waals surface area contributed by atoms with Gasteiger partial charge >= 0.3 is 0 Å². The summed E-state index contributed by atoms with van der Waals surface area (Å²) in [5.41, 5.74) is 23.1. The first-order valence-electron chi connectivity index (χ1n) is 22.9. The van der Waals surface area contributed by atoms with Crippen molar-refractivity contribution >= 4 is 86.6 Å². The molecule has 0 bridgehead atoms. The fraction of sp³-hybridized carbons (Fsp3) is 0.614. The van der Waals surface area contributed by atoms with E-state index in [0.717, 1.165) is 21.6 Å². The smallest absolute Gasteiger partial charge is 0.246 e. The second-order valence-corrected chi connectivity index (χ2v) is 20.1. The SMILES string of the molecule is CC[C@H](C)[C@@H]1NC(=O)[C@@H](Cc2ccc(OC)cc2)NC(=O)[C@@H](N)CSSC[C@@H](C(=O)N2CCC[C@H]2C(=O)N[C@@H](CC(C)C)C(=O)NCC(N)=O)NC(=O)[C@H](CC(N)=O)NC(=O)[C@H](CCC(N)=O)NC1=O. The number of hydrogen-bond donors (Lipinski definition) is 11. The molecule has 0 unspecified atom stereocenters. The topological polar surface area (TPSA) is 389 Å². The van der Waals surface area contributed by atoms with Crippen LogP contribution in [0.5, 0.6) is 5.75 Å². The summed E-state index contributed by atoms with van der Waals surface area (Å²) in [6, 6.07) is -4.06. The number of amides is 11. The number of rotatable bonds is 18. The molecule has 2 aliphatic heterocycles. The number of nitrogens with zero attached hydrogens (tertiary/aromatic N) is 1. The van der Waals surface area contributed by atoms with Crippen molar-refractivity contribution in [2.45, 2.75) is 127 Å². The molecule has 0 radical (unpaired) electrons. The van der Waals surface area contributed by atoms with Crippen LogP contribution in [0.1, 0.15) is 78.2 Å². The van der Waals surface area contributed by atoms with E-state index in [9.17, 15) is 52.7 Å². The lowest BCUT2D eigenvalue weighted by molar-refractivity contribution is -0.142. The van der Waals surface area contributed by atoms with Crippen molar-refractivity contribution in [3.8, 4) is 5.75 Å². The Labute approximate surface area is 414 Å². The van der Waals surface area contributed by atoms with Gasteiger partial charge in [-0.1, -0.05) is 67.8 Å². The Kier molecular flexibility index (Phi) is 23.7. The third-order valence-electron chi connectivity index (χ3n) is 11.5. The monoisotopic (exact) mass is 1020 g/mol. The lowest BCUT2D eigenvalue weighted by Crippen LogP contribution is -2.61. The number of carbonyl (C=O) groups excluding carboxylic acids is 11. The Morgan fingerprint density at radius 3 is 2.00 bits per heavy atom. The number of primary amides is 3. The van der Waals surface area contributed by atoms with Crippen LogP contribution < -0.4 is 64.9 Å². The number of nitrogens with two attached hydrogens (primary N) is 4. The predicted octanol–water partition coefficient (Wildman–Crippen LogP) is -3.31. The molecule has 24 nitrogen and oxygen atoms in total. The van der Waals surface area contributed by atoms with Crippen molar-refractivity contribution < 1.29 is 57.5 Å².